The molecule has 0 spiro atoms. The van der Waals surface area contributed by atoms with Crippen LogP contribution in [0.15, 0.2) is 24.3 Å². The van der Waals surface area contributed by atoms with Gasteiger partial charge in [0.05, 0.1) is 13.2 Å². The molecular weight excluding hydrogens is 214 g/mol. The maximum atomic E-state index is 10.3. The van der Waals surface area contributed by atoms with Crippen molar-refractivity contribution in [3.8, 4) is 5.75 Å². The number of likely N-dealkylation sites (N-methyl/N-ethyl adjacent to an activating group) is 1. The third kappa shape index (κ3) is 3.72. The quantitative estimate of drug-likeness (QED) is 0.798. The molecule has 0 aromatic heterocycles. The molecule has 0 bridgehead atoms. The Morgan fingerprint density at radius 1 is 1.24 bits per heavy atom. The molecule has 17 heavy (non-hydrogen) atoms. The van der Waals surface area contributed by atoms with Crippen LogP contribution in [0.4, 0.5) is 0 Å². The third-order valence-corrected chi connectivity index (χ3v) is 2.96. The normalized spacial score (nSPS) is 14.7. The van der Waals surface area contributed by atoms with Gasteiger partial charge in [-0.05, 0) is 30.2 Å². The highest BCUT2D eigenvalue weighted by atomic mass is 16.5. The van der Waals surface area contributed by atoms with Gasteiger partial charge in [0.25, 0.3) is 0 Å². The molecule has 0 amide bonds. The predicted molar refractivity (Wildman–Crippen MR) is 70.3 cm³/mol. The minimum Gasteiger partial charge on any atom is -0.497 e. The summed E-state index contributed by atoms with van der Waals surface area (Å²) in [5.74, 6) is 1.19. The first-order chi connectivity index (χ1) is 8.10. The summed E-state index contributed by atoms with van der Waals surface area (Å²) in [4.78, 5) is 0. The Hall–Kier alpha value is -1.06. The van der Waals surface area contributed by atoms with Gasteiger partial charge in [0, 0.05) is 6.04 Å². The van der Waals surface area contributed by atoms with Crippen LogP contribution in [0.5, 0.6) is 5.75 Å². The lowest BCUT2D eigenvalue weighted by atomic mass is 9.93. The van der Waals surface area contributed by atoms with E-state index < -0.39 is 6.10 Å². The number of benzene rings is 1. The summed E-state index contributed by atoms with van der Waals surface area (Å²) in [5, 5.41) is 13.7. The van der Waals surface area contributed by atoms with Gasteiger partial charge in [0.2, 0.25) is 0 Å². The molecule has 2 N–H and O–H groups in total. The Kier molecular flexibility index (Phi) is 5.45. The lowest BCUT2D eigenvalue weighted by Gasteiger charge is -2.27. The molecule has 0 saturated heterocycles. The van der Waals surface area contributed by atoms with Crippen LogP contribution >= 0.6 is 0 Å². The average Bonchev–Trinajstić information content (AvgIpc) is 2.35. The van der Waals surface area contributed by atoms with Gasteiger partial charge in [-0.2, -0.15) is 0 Å². The van der Waals surface area contributed by atoms with E-state index in [-0.39, 0.29) is 6.04 Å². The van der Waals surface area contributed by atoms with Crippen LogP contribution in [0.25, 0.3) is 0 Å². The molecule has 0 radical (unpaired) electrons. The van der Waals surface area contributed by atoms with Crippen molar-refractivity contribution in [2.24, 2.45) is 5.92 Å². The Balaban J connectivity index is 2.81. The largest absolute Gasteiger partial charge is 0.497 e. The highest BCUT2D eigenvalue weighted by molar-refractivity contribution is 5.29. The van der Waals surface area contributed by atoms with Crippen molar-refractivity contribution in [3.63, 3.8) is 0 Å². The highest BCUT2D eigenvalue weighted by Gasteiger charge is 2.22. The van der Waals surface area contributed by atoms with E-state index in [0.717, 1.165) is 17.9 Å². The second kappa shape index (κ2) is 6.62. The molecule has 1 aromatic carbocycles. The molecule has 0 aliphatic carbocycles. The fraction of sp³-hybridized carbons (Fsp3) is 0.571. The summed E-state index contributed by atoms with van der Waals surface area (Å²) >= 11 is 0. The van der Waals surface area contributed by atoms with Crippen molar-refractivity contribution in [1.29, 1.82) is 0 Å². The first-order valence-electron chi connectivity index (χ1n) is 6.15. The van der Waals surface area contributed by atoms with Gasteiger partial charge in [0.15, 0.2) is 0 Å². The van der Waals surface area contributed by atoms with E-state index in [1.54, 1.807) is 7.11 Å². The predicted octanol–water partition coefficient (Wildman–Crippen LogP) is 2.36. The molecular formula is C14H23NO2. The smallest absolute Gasteiger partial charge is 0.118 e. The van der Waals surface area contributed by atoms with Crippen molar-refractivity contribution < 1.29 is 9.84 Å². The van der Waals surface area contributed by atoms with Crippen LogP contribution in [0, 0.1) is 5.92 Å². The summed E-state index contributed by atoms with van der Waals surface area (Å²) in [5.41, 5.74) is 0.922. The molecule has 0 fully saturated rings. The summed E-state index contributed by atoms with van der Waals surface area (Å²) in [6.45, 7) is 7.13. The molecule has 2 unspecified atom stereocenters. The van der Waals surface area contributed by atoms with E-state index in [1.807, 2.05) is 24.3 Å². The topological polar surface area (TPSA) is 41.5 Å². The molecule has 1 rings (SSSR count). The van der Waals surface area contributed by atoms with E-state index in [9.17, 15) is 5.11 Å². The minimum absolute atomic E-state index is 0.0772. The summed E-state index contributed by atoms with van der Waals surface area (Å²) in [7, 11) is 1.64. The fourth-order valence-corrected chi connectivity index (χ4v) is 1.96. The van der Waals surface area contributed by atoms with Gasteiger partial charge in [-0.3, -0.25) is 0 Å². The number of nitrogens with one attached hydrogen (secondary N) is 1. The molecule has 3 nitrogen and oxygen atoms in total. The van der Waals surface area contributed by atoms with E-state index >= 15 is 0 Å². The van der Waals surface area contributed by atoms with Crippen LogP contribution in [-0.4, -0.2) is 24.8 Å². The second-order valence-electron chi connectivity index (χ2n) is 4.55. The van der Waals surface area contributed by atoms with Gasteiger partial charge < -0.3 is 15.2 Å². The third-order valence-electron chi connectivity index (χ3n) is 2.96. The van der Waals surface area contributed by atoms with Gasteiger partial charge in [0.1, 0.15) is 5.75 Å². The van der Waals surface area contributed by atoms with Crippen molar-refractivity contribution >= 4 is 0 Å². The SMILES string of the molecule is CCNC(C(C)C)C(O)c1ccc(OC)cc1. The molecule has 96 valence electrons. The molecule has 0 heterocycles. The van der Waals surface area contributed by atoms with E-state index in [1.165, 1.54) is 0 Å². The maximum absolute atomic E-state index is 10.3. The van der Waals surface area contributed by atoms with E-state index in [2.05, 4.69) is 26.1 Å². The van der Waals surface area contributed by atoms with Gasteiger partial charge in [-0.25, -0.2) is 0 Å². The number of hydrogen-bond donors (Lipinski definition) is 2. The zero-order valence-electron chi connectivity index (χ0n) is 11.1. The summed E-state index contributed by atoms with van der Waals surface area (Å²) in [6, 6.07) is 7.66. The zero-order valence-corrected chi connectivity index (χ0v) is 11.1. The summed E-state index contributed by atoms with van der Waals surface area (Å²) < 4.78 is 5.11. The molecule has 0 aliphatic rings. The second-order valence-corrected chi connectivity index (χ2v) is 4.55. The lowest BCUT2D eigenvalue weighted by molar-refractivity contribution is 0.106. The number of methoxy groups -OCH3 is 1. The number of rotatable bonds is 6. The maximum Gasteiger partial charge on any atom is 0.118 e. The standard InChI is InChI=1S/C14H23NO2/c1-5-15-13(10(2)3)14(16)11-6-8-12(17-4)9-7-11/h6-10,13-16H,5H2,1-4H3. The molecule has 2 atom stereocenters. The van der Waals surface area contributed by atoms with Crippen LogP contribution in [0.1, 0.15) is 32.4 Å². The van der Waals surface area contributed by atoms with E-state index in [0.29, 0.717) is 5.92 Å². The van der Waals surface area contributed by atoms with E-state index in [4.69, 9.17) is 4.74 Å². The Morgan fingerprint density at radius 3 is 2.24 bits per heavy atom. The Bertz CT molecular complexity index is 321. The van der Waals surface area contributed by atoms with Crippen molar-refractivity contribution in [3.05, 3.63) is 29.8 Å². The fourth-order valence-electron chi connectivity index (χ4n) is 1.96. The van der Waals surface area contributed by atoms with Crippen molar-refractivity contribution in [2.75, 3.05) is 13.7 Å². The average molecular weight is 237 g/mol. The molecule has 3 heteroatoms. The van der Waals surface area contributed by atoms with Gasteiger partial charge >= 0.3 is 0 Å². The van der Waals surface area contributed by atoms with Crippen LogP contribution in [0.3, 0.4) is 0 Å². The van der Waals surface area contributed by atoms with Crippen LogP contribution < -0.4 is 10.1 Å². The van der Waals surface area contributed by atoms with Crippen molar-refractivity contribution in [1.82, 2.24) is 5.32 Å². The Morgan fingerprint density at radius 2 is 1.82 bits per heavy atom. The van der Waals surface area contributed by atoms with Gasteiger partial charge in [-0.15, -0.1) is 0 Å². The van der Waals surface area contributed by atoms with Crippen LogP contribution in [0.2, 0.25) is 0 Å². The first kappa shape index (κ1) is 14.0. The van der Waals surface area contributed by atoms with Gasteiger partial charge in [-0.1, -0.05) is 32.9 Å². The monoisotopic (exact) mass is 237 g/mol. The van der Waals surface area contributed by atoms with Crippen molar-refractivity contribution in [2.45, 2.75) is 32.9 Å². The molecule has 1 aromatic rings. The molecule has 0 aliphatic heterocycles. The number of aliphatic hydroxyl groups excluding tert-OH is 1. The minimum atomic E-state index is -0.485. The Labute approximate surface area is 104 Å². The number of aliphatic hydroxyl groups is 1. The zero-order chi connectivity index (χ0) is 12.8. The van der Waals surface area contributed by atoms with Crippen LogP contribution in [-0.2, 0) is 0 Å². The lowest BCUT2D eigenvalue weighted by Crippen LogP contribution is -2.39. The molecule has 0 saturated carbocycles. The summed E-state index contributed by atoms with van der Waals surface area (Å²) in [6.07, 6.45) is -0.485. The highest BCUT2D eigenvalue weighted by Crippen LogP contribution is 2.23. The number of hydrogen-bond acceptors (Lipinski definition) is 3. The first-order valence-corrected chi connectivity index (χ1v) is 6.15. The number of ether oxygens (including phenoxy) is 1.